The third-order valence-electron chi connectivity index (χ3n) is 5.73. The first-order valence-electron chi connectivity index (χ1n) is 9.22. The summed E-state index contributed by atoms with van der Waals surface area (Å²) < 4.78 is 13.4. The molecular weight excluding hydrogens is 365 g/mol. The number of aromatic nitrogens is 1. The van der Waals surface area contributed by atoms with Crippen LogP contribution < -0.4 is 10.6 Å². The molecule has 1 aromatic carbocycles. The second-order valence-electron chi connectivity index (χ2n) is 7.80. The van der Waals surface area contributed by atoms with Gasteiger partial charge in [-0.2, -0.15) is 0 Å². The third-order valence-corrected chi connectivity index (χ3v) is 6.69. The van der Waals surface area contributed by atoms with Crippen LogP contribution in [-0.4, -0.2) is 27.9 Å². The van der Waals surface area contributed by atoms with Crippen molar-refractivity contribution < 1.29 is 14.0 Å². The number of carbonyl (C=O) groups excluding carboxylic acids is 2. The Bertz CT molecular complexity index is 899. The van der Waals surface area contributed by atoms with Gasteiger partial charge < -0.3 is 10.6 Å². The van der Waals surface area contributed by atoms with Gasteiger partial charge in [0.1, 0.15) is 5.82 Å². The molecule has 2 saturated carbocycles. The average Bonchev–Trinajstić information content (AvgIpc) is 3.16. The minimum atomic E-state index is -0.421. The van der Waals surface area contributed by atoms with Crippen molar-refractivity contribution in [2.75, 3.05) is 0 Å². The number of nitrogens with one attached hydrogen (secondary N) is 2. The zero-order valence-corrected chi connectivity index (χ0v) is 16.0. The van der Waals surface area contributed by atoms with Crippen molar-refractivity contribution in [3.63, 3.8) is 0 Å². The highest BCUT2D eigenvalue weighted by atomic mass is 32.1. The Hall–Kier alpha value is -2.28. The zero-order valence-electron chi connectivity index (χ0n) is 15.2. The van der Waals surface area contributed by atoms with E-state index < -0.39 is 5.82 Å². The van der Waals surface area contributed by atoms with Crippen LogP contribution in [0.5, 0.6) is 0 Å². The summed E-state index contributed by atoms with van der Waals surface area (Å²) in [6.45, 7) is 1.87. The maximum Gasteiger partial charge on any atom is 0.280 e. The molecule has 5 nitrogen and oxygen atoms in total. The van der Waals surface area contributed by atoms with Crippen LogP contribution in [0.4, 0.5) is 4.39 Å². The summed E-state index contributed by atoms with van der Waals surface area (Å²) in [7, 11) is 0. The van der Waals surface area contributed by atoms with Gasteiger partial charge in [-0.05, 0) is 63.6 Å². The first-order valence-corrected chi connectivity index (χ1v) is 10.1. The molecule has 2 bridgehead atoms. The van der Waals surface area contributed by atoms with E-state index in [2.05, 4.69) is 15.6 Å². The van der Waals surface area contributed by atoms with Gasteiger partial charge in [0.15, 0.2) is 5.01 Å². The molecular formula is C20H22FN3O2S. The summed E-state index contributed by atoms with van der Waals surface area (Å²) in [5.41, 5.74) is 0.530. The summed E-state index contributed by atoms with van der Waals surface area (Å²) in [5, 5.41) is 8.68. The van der Waals surface area contributed by atoms with Gasteiger partial charge in [-0.3, -0.25) is 9.59 Å². The lowest BCUT2D eigenvalue weighted by Crippen LogP contribution is -2.55. The van der Waals surface area contributed by atoms with Crippen molar-refractivity contribution >= 4 is 23.2 Å². The molecule has 0 radical (unpaired) electrons. The Morgan fingerprint density at radius 1 is 1.11 bits per heavy atom. The standard InChI is InChI=1S/C20H22FN3O2S/c1-13-11-27-18(22-13)17(26)24-20-7-3-6-19(12-20,8-9-20)23-16(25)14-4-2-5-15(21)10-14/h2,4-5,10-11H,3,6-9,12H2,1H3,(H,23,25)(H,24,26). The Morgan fingerprint density at radius 3 is 2.44 bits per heavy atom. The van der Waals surface area contributed by atoms with Crippen LogP contribution in [-0.2, 0) is 0 Å². The Balaban J connectivity index is 1.48. The van der Waals surface area contributed by atoms with Crippen LogP contribution in [0.25, 0.3) is 0 Å². The lowest BCUT2D eigenvalue weighted by Gasteiger charge is -2.40. The van der Waals surface area contributed by atoms with Gasteiger partial charge in [-0.15, -0.1) is 11.3 Å². The van der Waals surface area contributed by atoms with Crippen LogP contribution in [0.1, 0.15) is 64.4 Å². The molecule has 1 aromatic heterocycles. The van der Waals surface area contributed by atoms with E-state index in [1.807, 2.05) is 12.3 Å². The van der Waals surface area contributed by atoms with Crippen molar-refractivity contribution in [3.05, 3.63) is 51.7 Å². The normalized spacial score (nSPS) is 26.6. The highest BCUT2D eigenvalue weighted by molar-refractivity contribution is 7.11. The summed E-state index contributed by atoms with van der Waals surface area (Å²) in [6.07, 6.45) is 5.05. The van der Waals surface area contributed by atoms with Gasteiger partial charge in [0, 0.05) is 27.7 Å². The molecule has 2 aliphatic rings. The van der Waals surface area contributed by atoms with Gasteiger partial charge >= 0.3 is 0 Å². The second kappa shape index (κ2) is 6.71. The third kappa shape index (κ3) is 3.60. The molecule has 2 atom stereocenters. The van der Waals surface area contributed by atoms with E-state index in [0.717, 1.165) is 37.8 Å². The number of hydrogen-bond donors (Lipinski definition) is 2. The van der Waals surface area contributed by atoms with Crippen LogP contribution in [0, 0.1) is 12.7 Å². The summed E-state index contributed by atoms with van der Waals surface area (Å²) in [4.78, 5) is 29.5. The minimum absolute atomic E-state index is 0.137. The molecule has 0 saturated heterocycles. The Kier molecular flexibility index (Phi) is 4.50. The predicted molar refractivity (Wildman–Crippen MR) is 101 cm³/mol. The number of nitrogens with zero attached hydrogens (tertiary/aromatic N) is 1. The number of amides is 2. The lowest BCUT2D eigenvalue weighted by atomic mass is 9.78. The molecule has 0 aliphatic heterocycles. The van der Waals surface area contributed by atoms with E-state index in [4.69, 9.17) is 0 Å². The molecule has 2 N–H and O–H groups in total. The molecule has 4 rings (SSSR count). The fraction of sp³-hybridized carbons (Fsp3) is 0.450. The lowest BCUT2D eigenvalue weighted by molar-refractivity contribution is 0.0832. The number of rotatable bonds is 4. The van der Waals surface area contributed by atoms with E-state index in [0.29, 0.717) is 17.0 Å². The average molecular weight is 387 g/mol. The quantitative estimate of drug-likeness (QED) is 0.842. The molecule has 7 heteroatoms. The largest absolute Gasteiger partial charge is 0.347 e. The topological polar surface area (TPSA) is 71.1 Å². The fourth-order valence-corrected chi connectivity index (χ4v) is 5.22. The van der Waals surface area contributed by atoms with E-state index >= 15 is 0 Å². The number of halogens is 1. The van der Waals surface area contributed by atoms with E-state index in [-0.39, 0.29) is 22.9 Å². The molecule has 2 aromatic rings. The van der Waals surface area contributed by atoms with Crippen LogP contribution in [0.2, 0.25) is 0 Å². The van der Waals surface area contributed by atoms with Crippen molar-refractivity contribution in [2.24, 2.45) is 0 Å². The summed E-state index contributed by atoms with van der Waals surface area (Å²) in [6, 6.07) is 5.74. The maximum atomic E-state index is 13.4. The molecule has 2 fully saturated rings. The molecule has 142 valence electrons. The summed E-state index contributed by atoms with van der Waals surface area (Å²) >= 11 is 1.35. The predicted octanol–water partition coefficient (Wildman–Crippen LogP) is 3.60. The SMILES string of the molecule is Cc1csc(C(=O)NC23CCCC(NC(=O)c4cccc(F)c4)(CC2)C3)n1. The molecule has 2 unspecified atom stereocenters. The Labute approximate surface area is 161 Å². The van der Waals surface area contributed by atoms with E-state index in [9.17, 15) is 14.0 Å². The van der Waals surface area contributed by atoms with Crippen molar-refractivity contribution in [2.45, 2.75) is 56.5 Å². The smallest absolute Gasteiger partial charge is 0.280 e. The molecule has 0 spiro atoms. The molecule has 1 heterocycles. The van der Waals surface area contributed by atoms with Gasteiger partial charge in [0.2, 0.25) is 0 Å². The van der Waals surface area contributed by atoms with Crippen LogP contribution in [0.15, 0.2) is 29.6 Å². The number of carbonyl (C=O) groups is 2. The number of fused-ring (bicyclic) bond motifs is 2. The van der Waals surface area contributed by atoms with Crippen LogP contribution >= 0.6 is 11.3 Å². The monoisotopic (exact) mass is 387 g/mol. The van der Waals surface area contributed by atoms with Crippen LogP contribution in [0.3, 0.4) is 0 Å². The Morgan fingerprint density at radius 2 is 1.81 bits per heavy atom. The van der Waals surface area contributed by atoms with E-state index in [1.165, 1.54) is 29.5 Å². The minimum Gasteiger partial charge on any atom is -0.347 e. The zero-order chi connectivity index (χ0) is 19.1. The fourth-order valence-electron chi connectivity index (χ4n) is 4.53. The van der Waals surface area contributed by atoms with Gasteiger partial charge in [0.25, 0.3) is 11.8 Å². The second-order valence-corrected chi connectivity index (χ2v) is 8.66. The first-order chi connectivity index (χ1) is 12.9. The van der Waals surface area contributed by atoms with Crippen molar-refractivity contribution in [1.82, 2.24) is 15.6 Å². The van der Waals surface area contributed by atoms with Crippen molar-refractivity contribution in [1.29, 1.82) is 0 Å². The number of benzene rings is 1. The first kappa shape index (κ1) is 18.1. The molecule has 27 heavy (non-hydrogen) atoms. The van der Waals surface area contributed by atoms with Gasteiger partial charge in [0.05, 0.1) is 0 Å². The van der Waals surface area contributed by atoms with E-state index in [1.54, 1.807) is 6.07 Å². The molecule has 2 amide bonds. The summed E-state index contributed by atoms with van der Waals surface area (Å²) in [5.74, 6) is -0.813. The number of aryl methyl sites for hydroxylation is 1. The number of thiazole rings is 1. The highest BCUT2D eigenvalue weighted by Crippen LogP contribution is 2.48. The van der Waals surface area contributed by atoms with Gasteiger partial charge in [-0.25, -0.2) is 9.37 Å². The molecule has 2 aliphatic carbocycles. The van der Waals surface area contributed by atoms with Crippen molar-refractivity contribution in [3.8, 4) is 0 Å². The number of hydrogen-bond acceptors (Lipinski definition) is 4. The van der Waals surface area contributed by atoms with Gasteiger partial charge in [-0.1, -0.05) is 6.07 Å². The maximum absolute atomic E-state index is 13.4. The highest BCUT2D eigenvalue weighted by Gasteiger charge is 2.52.